The second kappa shape index (κ2) is 8.94. The molecule has 2 aromatic carbocycles. The molecule has 0 saturated carbocycles. The average Bonchev–Trinajstić information content (AvgIpc) is 3.21. The molecule has 154 valence electrons. The van der Waals surface area contributed by atoms with Crippen LogP contribution in [0.2, 0.25) is 15.2 Å². The lowest BCUT2D eigenvalue weighted by molar-refractivity contribution is 0.477. The third kappa shape index (κ3) is 4.64. The van der Waals surface area contributed by atoms with Gasteiger partial charge in [-0.05, 0) is 54.4 Å². The molecule has 2 aromatic heterocycles. The SMILES string of the molecule is Cc1c(Cc2nnc(-c3cccnc3Cl)o2)ccc(Cl)c1Oc1cc(Cl)cc(C#N)c1. The van der Waals surface area contributed by atoms with E-state index in [1.54, 1.807) is 42.6 Å². The van der Waals surface area contributed by atoms with Crippen molar-refractivity contribution in [3.63, 3.8) is 0 Å². The normalized spacial score (nSPS) is 10.7. The standard InChI is InChI=1S/C22H13Cl3N4O2/c1-12-14(9-19-28-29-22(31-19)17-3-2-6-27-21(17)25)4-5-18(24)20(12)30-16-8-13(11-26)7-15(23)10-16/h2-8,10H,9H2,1H3. The van der Waals surface area contributed by atoms with Crippen LogP contribution >= 0.6 is 34.8 Å². The summed E-state index contributed by atoms with van der Waals surface area (Å²) in [5.41, 5.74) is 2.63. The Balaban J connectivity index is 1.62. The molecule has 0 saturated heterocycles. The van der Waals surface area contributed by atoms with Crippen molar-refractivity contribution in [2.24, 2.45) is 0 Å². The van der Waals surface area contributed by atoms with E-state index in [2.05, 4.69) is 15.2 Å². The average molecular weight is 472 g/mol. The lowest BCUT2D eigenvalue weighted by Gasteiger charge is -2.14. The van der Waals surface area contributed by atoms with E-state index in [9.17, 15) is 0 Å². The molecule has 4 aromatic rings. The molecule has 6 nitrogen and oxygen atoms in total. The minimum atomic E-state index is 0.286. The van der Waals surface area contributed by atoms with Crippen molar-refractivity contribution in [1.29, 1.82) is 5.26 Å². The first kappa shape index (κ1) is 21.1. The fourth-order valence-electron chi connectivity index (χ4n) is 2.96. The number of nitriles is 1. The molecular formula is C22H13Cl3N4O2. The molecule has 4 rings (SSSR count). The van der Waals surface area contributed by atoms with Gasteiger partial charge in [0.1, 0.15) is 16.7 Å². The first-order valence-corrected chi connectivity index (χ1v) is 10.2. The van der Waals surface area contributed by atoms with Crippen LogP contribution < -0.4 is 4.74 Å². The molecule has 0 aliphatic rings. The Kier molecular flexibility index (Phi) is 6.10. The van der Waals surface area contributed by atoms with Crippen molar-refractivity contribution in [1.82, 2.24) is 15.2 Å². The monoisotopic (exact) mass is 470 g/mol. The first-order valence-electron chi connectivity index (χ1n) is 9.04. The largest absolute Gasteiger partial charge is 0.455 e. The molecule has 9 heteroatoms. The van der Waals surface area contributed by atoms with E-state index in [-0.39, 0.29) is 5.15 Å². The Bertz CT molecular complexity index is 1310. The van der Waals surface area contributed by atoms with Crippen LogP contribution in [0, 0.1) is 18.3 Å². The molecule has 0 amide bonds. The van der Waals surface area contributed by atoms with E-state index in [0.29, 0.717) is 50.9 Å². The summed E-state index contributed by atoms with van der Waals surface area (Å²) >= 11 is 18.5. The molecule has 0 bridgehead atoms. The fourth-order valence-corrected chi connectivity index (χ4v) is 3.63. The van der Waals surface area contributed by atoms with Gasteiger partial charge in [-0.3, -0.25) is 0 Å². The maximum absolute atomic E-state index is 9.15. The van der Waals surface area contributed by atoms with Crippen molar-refractivity contribution >= 4 is 34.8 Å². The molecule has 31 heavy (non-hydrogen) atoms. The van der Waals surface area contributed by atoms with Crippen molar-refractivity contribution in [3.05, 3.63) is 86.4 Å². The number of hydrogen-bond donors (Lipinski definition) is 0. The molecule has 2 heterocycles. The topological polar surface area (TPSA) is 84.8 Å². The Morgan fingerprint density at radius 2 is 1.94 bits per heavy atom. The van der Waals surface area contributed by atoms with Crippen LogP contribution in [-0.4, -0.2) is 15.2 Å². The van der Waals surface area contributed by atoms with E-state index < -0.39 is 0 Å². The number of rotatable bonds is 5. The Hall–Kier alpha value is -3.11. The number of benzene rings is 2. The van der Waals surface area contributed by atoms with E-state index in [1.807, 2.05) is 19.1 Å². The summed E-state index contributed by atoms with van der Waals surface area (Å²) < 4.78 is 11.7. The number of pyridine rings is 1. The van der Waals surface area contributed by atoms with Crippen LogP contribution in [0.5, 0.6) is 11.5 Å². The van der Waals surface area contributed by atoms with E-state index >= 15 is 0 Å². The van der Waals surface area contributed by atoms with Gasteiger partial charge in [0, 0.05) is 11.2 Å². The fraction of sp³-hybridized carbons (Fsp3) is 0.0909. The third-order valence-electron chi connectivity index (χ3n) is 4.49. The molecule has 0 spiro atoms. The van der Waals surface area contributed by atoms with Gasteiger partial charge >= 0.3 is 0 Å². The molecule has 0 atom stereocenters. The van der Waals surface area contributed by atoms with Crippen LogP contribution in [0.25, 0.3) is 11.5 Å². The number of halogens is 3. The second-order valence-corrected chi connectivity index (χ2v) is 7.77. The first-order chi connectivity index (χ1) is 14.9. The quantitative estimate of drug-likeness (QED) is 0.303. The van der Waals surface area contributed by atoms with Gasteiger partial charge in [-0.2, -0.15) is 5.26 Å². The number of hydrogen-bond acceptors (Lipinski definition) is 6. The number of nitrogens with zero attached hydrogens (tertiary/aromatic N) is 4. The summed E-state index contributed by atoms with van der Waals surface area (Å²) in [6, 6.07) is 13.9. The van der Waals surface area contributed by atoms with Crippen molar-refractivity contribution in [3.8, 4) is 29.0 Å². The smallest absolute Gasteiger partial charge is 0.250 e. The number of aromatic nitrogens is 3. The highest BCUT2D eigenvalue weighted by molar-refractivity contribution is 6.32. The molecule has 0 aliphatic carbocycles. The highest BCUT2D eigenvalue weighted by Crippen LogP contribution is 2.36. The van der Waals surface area contributed by atoms with Crippen LogP contribution in [0.1, 0.15) is 22.6 Å². The Morgan fingerprint density at radius 3 is 2.71 bits per heavy atom. The molecule has 0 aliphatic heterocycles. The van der Waals surface area contributed by atoms with Gasteiger partial charge in [-0.25, -0.2) is 4.98 Å². The van der Waals surface area contributed by atoms with Crippen molar-refractivity contribution in [2.75, 3.05) is 0 Å². The van der Waals surface area contributed by atoms with Gasteiger partial charge in [0.2, 0.25) is 5.89 Å². The summed E-state index contributed by atoms with van der Waals surface area (Å²) in [7, 11) is 0. The molecule has 0 radical (unpaired) electrons. The minimum absolute atomic E-state index is 0.286. The molecule has 0 fully saturated rings. The highest BCUT2D eigenvalue weighted by atomic mass is 35.5. The lowest BCUT2D eigenvalue weighted by Crippen LogP contribution is -1.97. The summed E-state index contributed by atoms with van der Waals surface area (Å²) in [6.07, 6.45) is 1.95. The van der Waals surface area contributed by atoms with E-state index in [4.69, 9.17) is 49.2 Å². The van der Waals surface area contributed by atoms with Gasteiger partial charge in [-0.1, -0.05) is 40.9 Å². The van der Waals surface area contributed by atoms with Crippen LogP contribution in [0.4, 0.5) is 0 Å². The van der Waals surface area contributed by atoms with E-state index in [0.717, 1.165) is 11.1 Å². The van der Waals surface area contributed by atoms with Crippen LogP contribution in [-0.2, 0) is 6.42 Å². The van der Waals surface area contributed by atoms with Gasteiger partial charge in [0.15, 0.2) is 0 Å². The predicted octanol–water partition coefficient (Wildman–Crippen LogP) is 6.66. The van der Waals surface area contributed by atoms with Crippen molar-refractivity contribution < 1.29 is 9.15 Å². The summed E-state index contributed by atoms with van der Waals surface area (Å²) in [4.78, 5) is 4.02. The third-order valence-corrected chi connectivity index (χ3v) is 5.31. The predicted molar refractivity (Wildman–Crippen MR) is 118 cm³/mol. The number of ether oxygens (including phenoxy) is 1. The van der Waals surface area contributed by atoms with Gasteiger partial charge in [-0.15, -0.1) is 10.2 Å². The maximum atomic E-state index is 9.15. The van der Waals surface area contributed by atoms with Crippen LogP contribution in [0.3, 0.4) is 0 Å². The lowest BCUT2D eigenvalue weighted by atomic mass is 10.0. The zero-order valence-corrected chi connectivity index (χ0v) is 18.3. The zero-order valence-electron chi connectivity index (χ0n) is 16.1. The van der Waals surface area contributed by atoms with Crippen molar-refractivity contribution in [2.45, 2.75) is 13.3 Å². The van der Waals surface area contributed by atoms with Gasteiger partial charge in [0.05, 0.1) is 28.6 Å². The van der Waals surface area contributed by atoms with Gasteiger partial charge in [0.25, 0.3) is 5.89 Å². The van der Waals surface area contributed by atoms with Crippen LogP contribution in [0.15, 0.2) is 53.1 Å². The van der Waals surface area contributed by atoms with E-state index in [1.165, 1.54) is 0 Å². The Labute approximate surface area is 193 Å². The molecule has 0 unspecified atom stereocenters. The summed E-state index contributed by atoms with van der Waals surface area (Å²) in [5, 5.41) is 18.4. The summed E-state index contributed by atoms with van der Waals surface area (Å²) in [6.45, 7) is 1.88. The zero-order chi connectivity index (χ0) is 22.0. The Morgan fingerprint density at radius 1 is 1.10 bits per heavy atom. The second-order valence-electron chi connectivity index (χ2n) is 6.57. The molecule has 0 N–H and O–H groups in total. The highest BCUT2D eigenvalue weighted by Gasteiger charge is 2.17. The maximum Gasteiger partial charge on any atom is 0.250 e. The van der Waals surface area contributed by atoms with Gasteiger partial charge < -0.3 is 9.15 Å². The molecular weight excluding hydrogens is 459 g/mol. The minimum Gasteiger partial charge on any atom is -0.455 e. The summed E-state index contributed by atoms with van der Waals surface area (Å²) in [5.74, 6) is 1.57.